The largest absolute Gasteiger partial charge is 0.359 e. The van der Waals surface area contributed by atoms with Crippen LogP contribution in [-0.2, 0) is 35.8 Å². The standard InChI is InChI=1S/C31H42N8O2/c1-5-39-30(38(21-40)15-14-29(41)32-3)17-34-31(39)25-12-11-24-19-37(20-26(24)35-25)18-23-10-13-28(33-16-23)36(4)27-9-7-6-8-22(27)2/h10-13,16-17,21-22,27H,5-9,14-15,18-20H2,1-4H3,(H,32,41). The normalized spacial score (nSPS) is 18.6. The van der Waals surface area contributed by atoms with Crippen LogP contribution in [0.1, 0.15) is 62.8 Å². The molecule has 5 rings (SSSR count). The molecule has 3 aromatic heterocycles. The molecule has 41 heavy (non-hydrogen) atoms. The van der Waals surface area contributed by atoms with Crippen LogP contribution in [0.15, 0.2) is 36.7 Å². The van der Waals surface area contributed by atoms with E-state index in [1.807, 2.05) is 23.8 Å². The maximum atomic E-state index is 11.8. The molecule has 2 aliphatic rings. The van der Waals surface area contributed by atoms with Gasteiger partial charge in [0.25, 0.3) is 0 Å². The number of imidazole rings is 1. The third-order valence-corrected chi connectivity index (χ3v) is 8.64. The molecule has 2 amide bonds. The Labute approximate surface area is 242 Å². The number of aromatic nitrogens is 4. The molecule has 0 spiro atoms. The number of hydrogen-bond acceptors (Lipinski definition) is 7. The van der Waals surface area contributed by atoms with Crippen LogP contribution in [0.3, 0.4) is 0 Å². The molecule has 0 aromatic carbocycles. The predicted octanol–water partition coefficient (Wildman–Crippen LogP) is 3.99. The van der Waals surface area contributed by atoms with Crippen molar-refractivity contribution in [2.45, 2.75) is 78.2 Å². The van der Waals surface area contributed by atoms with Gasteiger partial charge in [0.1, 0.15) is 17.3 Å². The van der Waals surface area contributed by atoms with Crippen molar-refractivity contribution in [3.05, 3.63) is 53.5 Å². The first-order valence-electron chi connectivity index (χ1n) is 14.8. The van der Waals surface area contributed by atoms with Crippen molar-refractivity contribution in [1.29, 1.82) is 0 Å². The summed E-state index contributed by atoms with van der Waals surface area (Å²) in [5.74, 6) is 3.01. The van der Waals surface area contributed by atoms with Crippen molar-refractivity contribution < 1.29 is 9.59 Å². The van der Waals surface area contributed by atoms with Gasteiger partial charge in [0.2, 0.25) is 12.3 Å². The second-order valence-corrected chi connectivity index (χ2v) is 11.3. The number of nitrogens with zero attached hydrogens (tertiary/aromatic N) is 7. The van der Waals surface area contributed by atoms with Crippen LogP contribution in [-0.4, -0.2) is 63.4 Å². The first-order valence-corrected chi connectivity index (χ1v) is 14.8. The Hall–Kier alpha value is -3.79. The van der Waals surface area contributed by atoms with E-state index >= 15 is 0 Å². The number of carbonyl (C=O) groups is 2. The smallest absolute Gasteiger partial charge is 0.221 e. The molecule has 4 heterocycles. The molecule has 1 aliphatic heterocycles. The molecule has 2 atom stereocenters. The van der Waals surface area contributed by atoms with Crippen molar-refractivity contribution >= 4 is 24.0 Å². The molecule has 218 valence electrons. The summed E-state index contributed by atoms with van der Waals surface area (Å²) in [5.41, 5.74) is 4.25. The molecule has 0 radical (unpaired) electrons. The SMILES string of the molecule is CCn1c(N(C=O)CCC(=O)NC)cnc1-c1ccc2c(n1)CN(Cc1ccc(N(C)C3CCCCC3C)nc1)C2. The summed E-state index contributed by atoms with van der Waals surface area (Å²) in [6, 6.07) is 9.08. The molecule has 10 heteroatoms. The Kier molecular flexibility index (Phi) is 8.97. The Balaban J connectivity index is 1.25. The number of fused-ring (bicyclic) bond motifs is 1. The van der Waals surface area contributed by atoms with E-state index in [-0.39, 0.29) is 18.9 Å². The topological polar surface area (TPSA) is 99.5 Å². The van der Waals surface area contributed by atoms with Crippen LogP contribution in [0.5, 0.6) is 0 Å². The number of pyridine rings is 2. The Morgan fingerprint density at radius 1 is 1.12 bits per heavy atom. The Bertz CT molecular complexity index is 1350. The maximum absolute atomic E-state index is 11.8. The minimum absolute atomic E-state index is 0.113. The fourth-order valence-corrected chi connectivity index (χ4v) is 6.26. The summed E-state index contributed by atoms with van der Waals surface area (Å²) in [4.78, 5) is 44.2. The first kappa shape index (κ1) is 28.7. The van der Waals surface area contributed by atoms with Crippen LogP contribution in [0.25, 0.3) is 11.5 Å². The van der Waals surface area contributed by atoms with E-state index in [0.29, 0.717) is 30.1 Å². The monoisotopic (exact) mass is 558 g/mol. The molecule has 1 N–H and O–H groups in total. The third kappa shape index (κ3) is 6.27. The average molecular weight is 559 g/mol. The molecule has 1 saturated carbocycles. The lowest BCUT2D eigenvalue weighted by Crippen LogP contribution is -2.39. The molecule has 3 aromatic rings. The van der Waals surface area contributed by atoms with E-state index < -0.39 is 0 Å². The van der Waals surface area contributed by atoms with Crippen molar-refractivity contribution in [2.75, 3.05) is 30.4 Å². The summed E-state index contributed by atoms with van der Waals surface area (Å²) in [6.45, 7) is 7.70. The van der Waals surface area contributed by atoms with Crippen LogP contribution in [0.4, 0.5) is 11.6 Å². The van der Waals surface area contributed by atoms with Gasteiger partial charge in [0.15, 0.2) is 5.82 Å². The summed E-state index contributed by atoms with van der Waals surface area (Å²) in [5, 5.41) is 2.60. The van der Waals surface area contributed by atoms with Gasteiger partial charge in [-0.05, 0) is 48.9 Å². The number of rotatable bonds is 11. The number of amides is 2. The zero-order valence-corrected chi connectivity index (χ0v) is 24.7. The maximum Gasteiger partial charge on any atom is 0.221 e. The lowest BCUT2D eigenvalue weighted by Gasteiger charge is -2.37. The van der Waals surface area contributed by atoms with Gasteiger partial charge in [-0.1, -0.05) is 31.9 Å². The number of hydrogen-bond donors (Lipinski definition) is 1. The quantitative estimate of drug-likeness (QED) is 0.355. The van der Waals surface area contributed by atoms with Gasteiger partial charge in [-0.2, -0.15) is 0 Å². The zero-order valence-electron chi connectivity index (χ0n) is 24.7. The molecule has 1 fully saturated rings. The van der Waals surface area contributed by atoms with Gasteiger partial charge < -0.3 is 14.8 Å². The zero-order chi connectivity index (χ0) is 28.9. The Morgan fingerprint density at radius 3 is 2.66 bits per heavy atom. The average Bonchev–Trinajstić information content (AvgIpc) is 3.60. The molecular weight excluding hydrogens is 516 g/mol. The Morgan fingerprint density at radius 2 is 1.95 bits per heavy atom. The summed E-state index contributed by atoms with van der Waals surface area (Å²) < 4.78 is 1.97. The third-order valence-electron chi connectivity index (χ3n) is 8.64. The first-order chi connectivity index (χ1) is 19.9. The molecular formula is C31H42N8O2. The fraction of sp³-hybridized carbons (Fsp3) is 0.516. The van der Waals surface area contributed by atoms with Gasteiger partial charge in [-0.25, -0.2) is 15.0 Å². The van der Waals surface area contributed by atoms with E-state index in [1.165, 1.54) is 41.7 Å². The van der Waals surface area contributed by atoms with Crippen molar-refractivity contribution in [1.82, 2.24) is 29.7 Å². The van der Waals surface area contributed by atoms with Gasteiger partial charge in [-0.3, -0.25) is 19.4 Å². The predicted molar refractivity (Wildman–Crippen MR) is 160 cm³/mol. The highest BCUT2D eigenvalue weighted by atomic mass is 16.2. The highest BCUT2D eigenvalue weighted by Crippen LogP contribution is 2.31. The van der Waals surface area contributed by atoms with Gasteiger partial charge in [0, 0.05) is 65.5 Å². The van der Waals surface area contributed by atoms with E-state index in [1.54, 1.807) is 13.2 Å². The van der Waals surface area contributed by atoms with Crippen molar-refractivity contribution in [3.63, 3.8) is 0 Å². The van der Waals surface area contributed by atoms with Gasteiger partial charge in [0.05, 0.1) is 11.9 Å². The van der Waals surface area contributed by atoms with Crippen LogP contribution < -0.4 is 15.1 Å². The minimum atomic E-state index is -0.113. The van der Waals surface area contributed by atoms with Crippen LogP contribution in [0, 0.1) is 5.92 Å². The number of carbonyl (C=O) groups excluding carboxylic acids is 2. The second kappa shape index (κ2) is 12.8. The van der Waals surface area contributed by atoms with E-state index in [0.717, 1.165) is 43.3 Å². The summed E-state index contributed by atoms with van der Waals surface area (Å²) in [6.07, 6.45) is 9.87. The minimum Gasteiger partial charge on any atom is -0.359 e. The van der Waals surface area contributed by atoms with E-state index in [2.05, 4.69) is 52.3 Å². The second-order valence-electron chi connectivity index (χ2n) is 11.3. The van der Waals surface area contributed by atoms with E-state index in [9.17, 15) is 9.59 Å². The van der Waals surface area contributed by atoms with Gasteiger partial charge >= 0.3 is 0 Å². The molecule has 1 aliphatic carbocycles. The van der Waals surface area contributed by atoms with Crippen LogP contribution >= 0.6 is 0 Å². The van der Waals surface area contributed by atoms with Crippen LogP contribution in [0.2, 0.25) is 0 Å². The lowest BCUT2D eigenvalue weighted by atomic mass is 9.85. The van der Waals surface area contributed by atoms with Crippen molar-refractivity contribution in [3.8, 4) is 11.5 Å². The highest BCUT2D eigenvalue weighted by Gasteiger charge is 2.26. The molecule has 0 saturated heterocycles. The van der Waals surface area contributed by atoms with E-state index in [4.69, 9.17) is 9.97 Å². The lowest BCUT2D eigenvalue weighted by molar-refractivity contribution is -0.120. The molecule has 0 bridgehead atoms. The number of anilines is 2. The molecule has 2 unspecified atom stereocenters. The van der Waals surface area contributed by atoms with Gasteiger partial charge in [-0.15, -0.1) is 0 Å². The molecule has 10 nitrogen and oxygen atoms in total. The fourth-order valence-electron chi connectivity index (χ4n) is 6.26. The highest BCUT2D eigenvalue weighted by molar-refractivity contribution is 5.79. The summed E-state index contributed by atoms with van der Waals surface area (Å²) in [7, 11) is 3.77. The summed E-state index contributed by atoms with van der Waals surface area (Å²) >= 11 is 0. The van der Waals surface area contributed by atoms with Crippen molar-refractivity contribution in [2.24, 2.45) is 5.92 Å². The number of nitrogens with one attached hydrogen (secondary N) is 1.